The lowest BCUT2D eigenvalue weighted by Crippen LogP contribution is -1.88. The van der Waals surface area contributed by atoms with Gasteiger partial charge in [-0.05, 0) is 43.2 Å². The van der Waals surface area contributed by atoms with Crippen molar-refractivity contribution in [3.05, 3.63) is 35.4 Å². The van der Waals surface area contributed by atoms with Gasteiger partial charge in [0.05, 0.1) is 0 Å². The molecule has 0 unspecified atom stereocenters. The molecule has 0 aliphatic heterocycles. The second kappa shape index (κ2) is 8.88. The van der Waals surface area contributed by atoms with E-state index in [1.807, 2.05) is 0 Å². The lowest BCUT2D eigenvalue weighted by molar-refractivity contribution is 0.692. The zero-order valence-electron chi connectivity index (χ0n) is 11.0. The fourth-order valence-electron chi connectivity index (χ4n) is 1.99. The number of hydrogen-bond donors (Lipinski definition) is 0. The number of rotatable bonds is 8. The van der Waals surface area contributed by atoms with E-state index in [4.69, 9.17) is 6.42 Å². The van der Waals surface area contributed by atoms with Crippen molar-refractivity contribution in [1.29, 1.82) is 0 Å². The van der Waals surface area contributed by atoms with Crippen LogP contribution in [0, 0.1) is 12.3 Å². The predicted molar refractivity (Wildman–Crippen MR) is 76.1 cm³/mol. The molecule has 0 aromatic heterocycles. The van der Waals surface area contributed by atoms with Crippen molar-refractivity contribution < 1.29 is 0 Å². The summed E-state index contributed by atoms with van der Waals surface area (Å²) >= 11 is 0. The third-order valence-corrected chi connectivity index (χ3v) is 3.13. The molecule has 0 heterocycles. The van der Waals surface area contributed by atoms with E-state index in [1.165, 1.54) is 56.1 Å². The van der Waals surface area contributed by atoms with E-state index in [1.54, 1.807) is 0 Å². The Bertz CT molecular complexity index is 326. The number of unbranched alkanes of at least 4 members (excludes halogenated alkanes) is 4. The Labute approximate surface area is 106 Å². The summed E-state index contributed by atoms with van der Waals surface area (Å²) in [6.45, 7) is 2.24. The summed E-state index contributed by atoms with van der Waals surface area (Å²) in [6, 6.07) is 9.14. The standard InChI is InChI=1S/C17H24/c1-3-5-7-8-9-11-17-14-12-16(13-15-17)10-6-4-2/h1,12-15H,4-11H2,2H3. The highest BCUT2D eigenvalue weighted by Gasteiger charge is 1.95. The van der Waals surface area contributed by atoms with Crippen LogP contribution in [-0.2, 0) is 12.8 Å². The Morgan fingerprint density at radius 2 is 1.47 bits per heavy atom. The molecule has 0 amide bonds. The minimum absolute atomic E-state index is 0.927. The third kappa shape index (κ3) is 6.17. The highest BCUT2D eigenvalue weighted by Crippen LogP contribution is 2.11. The summed E-state index contributed by atoms with van der Waals surface area (Å²) in [6.07, 6.45) is 14.8. The lowest BCUT2D eigenvalue weighted by atomic mass is 10.0. The first-order valence-corrected chi connectivity index (χ1v) is 6.88. The van der Waals surface area contributed by atoms with Crippen LogP contribution in [0.4, 0.5) is 0 Å². The molecular formula is C17H24. The molecule has 0 bridgehead atoms. The highest BCUT2D eigenvalue weighted by molar-refractivity contribution is 5.22. The first-order valence-electron chi connectivity index (χ1n) is 6.88. The second-order valence-electron chi connectivity index (χ2n) is 4.68. The van der Waals surface area contributed by atoms with E-state index < -0.39 is 0 Å². The molecule has 0 radical (unpaired) electrons. The van der Waals surface area contributed by atoms with Gasteiger partial charge in [0, 0.05) is 6.42 Å². The molecule has 0 aliphatic rings. The molecule has 0 saturated carbocycles. The summed E-state index contributed by atoms with van der Waals surface area (Å²) in [4.78, 5) is 0. The number of benzene rings is 1. The van der Waals surface area contributed by atoms with E-state index in [0.717, 1.165) is 6.42 Å². The van der Waals surface area contributed by atoms with Gasteiger partial charge in [-0.1, -0.05) is 44.0 Å². The van der Waals surface area contributed by atoms with Crippen LogP contribution in [-0.4, -0.2) is 0 Å². The van der Waals surface area contributed by atoms with Gasteiger partial charge < -0.3 is 0 Å². The summed E-state index contributed by atoms with van der Waals surface area (Å²) in [5.41, 5.74) is 2.94. The minimum Gasteiger partial charge on any atom is -0.120 e. The summed E-state index contributed by atoms with van der Waals surface area (Å²) in [7, 11) is 0. The second-order valence-corrected chi connectivity index (χ2v) is 4.68. The quantitative estimate of drug-likeness (QED) is 0.444. The Morgan fingerprint density at radius 1 is 0.882 bits per heavy atom. The molecule has 0 N–H and O–H groups in total. The summed E-state index contributed by atoms with van der Waals surface area (Å²) in [5, 5.41) is 0. The minimum atomic E-state index is 0.927. The fourth-order valence-corrected chi connectivity index (χ4v) is 1.99. The van der Waals surface area contributed by atoms with Crippen molar-refractivity contribution in [2.75, 3.05) is 0 Å². The van der Waals surface area contributed by atoms with Crippen molar-refractivity contribution in [3.63, 3.8) is 0 Å². The van der Waals surface area contributed by atoms with E-state index in [9.17, 15) is 0 Å². The summed E-state index contributed by atoms with van der Waals surface area (Å²) in [5.74, 6) is 2.69. The van der Waals surface area contributed by atoms with Gasteiger partial charge in [-0.3, -0.25) is 0 Å². The Morgan fingerprint density at radius 3 is 2.00 bits per heavy atom. The predicted octanol–water partition coefficient (Wildman–Crippen LogP) is 4.77. The van der Waals surface area contributed by atoms with Gasteiger partial charge >= 0.3 is 0 Å². The van der Waals surface area contributed by atoms with Gasteiger partial charge in [-0.2, -0.15) is 0 Å². The molecule has 0 aliphatic carbocycles. The number of hydrogen-bond acceptors (Lipinski definition) is 0. The first kappa shape index (κ1) is 13.8. The Kier molecular flexibility index (Phi) is 7.23. The van der Waals surface area contributed by atoms with Crippen LogP contribution in [0.3, 0.4) is 0 Å². The monoisotopic (exact) mass is 228 g/mol. The van der Waals surface area contributed by atoms with Crippen molar-refractivity contribution in [1.82, 2.24) is 0 Å². The molecule has 0 heteroatoms. The maximum atomic E-state index is 5.23. The van der Waals surface area contributed by atoms with E-state index in [-0.39, 0.29) is 0 Å². The molecule has 0 spiro atoms. The average Bonchev–Trinajstić information content (AvgIpc) is 2.37. The van der Waals surface area contributed by atoms with E-state index in [0.29, 0.717) is 0 Å². The van der Waals surface area contributed by atoms with Gasteiger partial charge in [0.25, 0.3) is 0 Å². The number of aryl methyl sites for hydroxylation is 2. The molecule has 0 atom stereocenters. The topological polar surface area (TPSA) is 0 Å². The van der Waals surface area contributed by atoms with Gasteiger partial charge in [0.1, 0.15) is 0 Å². The van der Waals surface area contributed by atoms with Crippen molar-refractivity contribution in [2.24, 2.45) is 0 Å². The zero-order valence-corrected chi connectivity index (χ0v) is 11.0. The summed E-state index contributed by atoms with van der Waals surface area (Å²) < 4.78 is 0. The molecule has 17 heavy (non-hydrogen) atoms. The van der Waals surface area contributed by atoms with Gasteiger partial charge in [0.15, 0.2) is 0 Å². The molecule has 1 aromatic rings. The average molecular weight is 228 g/mol. The largest absolute Gasteiger partial charge is 0.120 e. The molecular weight excluding hydrogens is 204 g/mol. The van der Waals surface area contributed by atoms with Gasteiger partial charge in [0.2, 0.25) is 0 Å². The highest BCUT2D eigenvalue weighted by atomic mass is 14.0. The SMILES string of the molecule is C#CCCCCCc1ccc(CCCC)cc1. The smallest absolute Gasteiger partial charge is 0.00860 e. The maximum Gasteiger partial charge on any atom is 0.00860 e. The molecule has 1 aromatic carbocycles. The van der Waals surface area contributed by atoms with Gasteiger partial charge in [-0.25, -0.2) is 0 Å². The Balaban J connectivity index is 2.23. The van der Waals surface area contributed by atoms with E-state index in [2.05, 4.69) is 37.1 Å². The first-order chi connectivity index (χ1) is 8.36. The molecule has 0 nitrogen and oxygen atoms in total. The number of terminal acetylenes is 1. The van der Waals surface area contributed by atoms with Gasteiger partial charge in [-0.15, -0.1) is 12.3 Å². The van der Waals surface area contributed by atoms with Crippen LogP contribution in [0.5, 0.6) is 0 Å². The molecule has 0 fully saturated rings. The van der Waals surface area contributed by atoms with Crippen LogP contribution in [0.15, 0.2) is 24.3 Å². The maximum absolute atomic E-state index is 5.23. The van der Waals surface area contributed by atoms with Crippen LogP contribution in [0.1, 0.15) is 56.6 Å². The molecule has 1 rings (SSSR count). The van der Waals surface area contributed by atoms with Crippen LogP contribution in [0.25, 0.3) is 0 Å². The Hall–Kier alpha value is -1.22. The van der Waals surface area contributed by atoms with Crippen molar-refractivity contribution in [2.45, 2.75) is 58.3 Å². The van der Waals surface area contributed by atoms with Crippen LogP contribution in [0.2, 0.25) is 0 Å². The normalized spacial score (nSPS) is 10.1. The molecule has 0 saturated heterocycles. The van der Waals surface area contributed by atoms with Crippen LogP contribution >= 0.6 is 0 Å². The lowest BCUT2D eigenvalue weighted by Gasteiger charge is -2.03. The molecule has 92 valence electrons. The fraction of sp³-hybridized carbons (Fsp3) is 0.529. The third-order valence-electron chi connectivity index (χ3n) is 3.13. The van der Waals surface area contributed by atoms with Crippen LogP contribution < -0.4 is 0 Å². The van der Waals surface area contributed by atoms with Crippen molar-refractivity contribution >= 4 is 0 Å². The van der Waals surface area contributed by atoms with Crippen molar-refractivity contribution in [3.8, 4) is 12.3 Å². The zero-order chi connectivity index (χ0) is 12.3. The van der Waals surface area contributed by atoms with E-state index >= 15 is 0 Å².